The minimum atomic E-state index is -1.19. The Labute approximate surface area is 386 Å². The number of ketones is 1. The van der Waals surface area contributed by atoms with Crippen LogP contribution in [0.15, 0.2) is 29.6 Å². The van der Waals surface area contributed by atoms with Crippen molar-refractivity contribution >= 4 is 53.9 Å². The van der Waals surface area contributed by atoms with Gasteiger partial charge < -0.3 is 29.7 Å². The average Bonchev–Trinajstić information content (AvgIpc) is 4.02. The van der Waals surface area contributed by atoms with Gasteiger partial charge in [-0.3, -0.25) is 19.2 Å². The molecule has 0 saturated carbocycles. The summed E-state index contributed by atoms with van der Waals surface area (Å²) >= 11 is 0. The third-order valence-electron chi connectivity index (χ3n) is 14.4. The third-order valence-corrected chi connectivity index (χ3v) is 14.4. The molecular weight excluding hydrogens is 813 g/mol. The summed E-state index contributed by atoms with van der Waals surface area (Å²) in [5, 5.41) is 5.08. The van der Waals surface area contributed by atoms with E-state index >= 15 is 0 Å². The highest BCUT2D eigenvalue weighted by Gasteiger charge is 2.48. The van der Waals surface area contributed by atoms with E-state index in [1.165, 1.54) is 57.6 Å². The fourth-order valence-corrected chi connectivity index (χ4v) is 10.4. The van der Waals surface area contributed by atoms with Gasteiger partial charge in [-0.25, -0.2) is 0 Å². The van der Waals surface area contributed by atoms with Gasteiger partial charge in [0.2, 0.25) is 0 Å². The predicted molar refractivity (Wildman–Crippen MR) is 262 cm³/mol. The zero-order valence-electron chi connectivity index (χ0n) is 40.8. The molecule has 8 bridgehead atoms. The molecule has 5 heterocycles. The SMILES string of the molecule is C=Cc1c2[nH]c(c1C)/C=C1\N/C(=C3\c4[nH]c(c(C)c4C(=O)[C@@H]3C(=O)OC)/C=c3\[nH]/c(c(C=O)c3CC)=C\2)[C@@H](CCC(=O)OC/C=C(/C)CCC[C@H](C)CCC[C@H](C)CCCC(C)C)[C@@H]1C. The minimum Gasteiger partial charge on any atom is -0.468 e. The number of carbonyl (C=O) groups is 4. The van der Waals surface area contributed by atoms with Crippen LogP contribution >= 0.6 is 0 Å². The van der Waals surface area contributed by atoms with Gasteiger partial charge in [-0.2, -0.15) is 0 Å². The summed E-state index contributed by atoms with van der Waals surface area (Å²) in [5.41, 5.74) is 10.6. The summed E-state index contributed by atoms with van der Waals surface area (Å²) in [6.07, 6.45) is 23.1. The number of fused-ring (bicyclic) bond motifs is 7. The average molecular weight is 887 g/mol. The fourth-order valence-electron chi connectivity index (χ4n) is 10.4. The Morgan fingerprint density at radius 2 is 1.51 bits per heavy atom. The van der Waals surface area contributed by atoms with Crippen LogP contribution in [0.25, 0.3) is 29.9 Å². The van der Waals surface area contributed by atoms with Crippen molar-refractivity contribution in [3.63, 3.8) is 0 Å². The van der Waals surface area contributed by atoms with Crippen LogP contribution in [0.3, 0.4) is 0 Å². The number of aromatic nitrogens is 3. The Morgan fingerprint density at radius 3 is 2.15 bits per heavy atom. The molecule has 1 fully saturated rings. The maximum Gasteiger partial charge on any atom is 0.321 e. The lowest BCUT2D eigenvalue weighted by atomic mass is 9.85. The number of allylic oxidation sites excluding steroid dienone is 3. The van der Waals surface area contributed by atoms with Crippen LogP contribution in [-0.2, 0) is 25.5 Å². The molecule has 0 radical (unpaired) electrons. The first kappa shape index (κ1) is 49.1. The van der Waals surface area contributed by atoms with Gasteiger partial charge in [0.25, 0.3) is 0 Å². The molecule has 5 atom stereocenters. The first-order valence-electron chi connectivity index (χ1n) is 24.2. The number of carbonyl (C=O) groups excluding carboxylic acids is 4. The Hall–Kier alpha value is -5.38. The lowest BCUT2D eigenvalue weighted by molar-refractivity contribution is -0.143. The van der Waals surface area contributed by atoms with Crippen molar-refractivity contribution in [2.24, 2.45) is 35.5 Å². The van der Waals surface area contributed by atoms with Crippen LogP contribution in [0.1, 0.15) is 185 Å². The monoisotopic (exact) mass is 887 g/mol. The Morgan fingerprint density at radius 1 is 0.846 bits per heavy atom. The molecule has 3 aromatic heterocycles. The molecule has 6 rings (SSSR count). The van der Waals surface area contributed by atoms with E-state index in [4.69, 9.17) is 9.47 Å². The fraction of sp³-hybridized carbons (Fsp3) is 0.527. The second kappa shape index (κ2) is 21.7. The molecule has 4 N–H and O–H groups in total. The normalized spacial score (nSPS) is 21.8. The minimum absolute atomic E-state index is 0.134. The van der Waals surface area contributed by atoms with E-state index in [0.717, 1.165) is 70.1 Å². The van der Waals surface area contributed by atoms with Crippen molar-refractivity contribution in [2.45, 2.75) is 139 Å². The summed E-state index contributed by atoms with van der Waals surface area (Å²) in [4.78, 5) is 64.7. The molecule has 3 aliphatic rings. The topological polar surface area (TPSA) is 146 Å². The zero-order chi connectivity index (χ0) is 47.1. The van der Waals surface area contributed by atoms with Gasteiger partial charge >= 0.3 is 11.9 Å². The number of methoxy groups -OCH3 is 1. The van der Waals surface area contributed by atoms with Gasteiger partial charge in [0.1, 0.15) is 12.5 Å². The molecule has 3 aromatic rings. The quantitative estimate of drug-likeness (QED) is 0.0361. The highest BCUT2D eigenvalue weighted by molar-refractivity contribution is 6.24. The molecule has 1 saturated heterocycles. The van der Waals surface area contributed by atoms with Crippen molar-refractivity contribution in [1.29, 1.82) is 0 Å². The lowest BCUT2D eigenvalue weighted by Crippen LogP contribution is -2.25. The number of H-pyrrole nitrogens is 3. The number of aromatic amines is 3. The van der Waals surface area contributed by atoms with E-state index in [0.29, 0.717) is 63.5 Å². The van der Waals surface area contributed by atoms with Crippen molar-refractivity contribution in [3.05, 3.63) is 96.5 Å². The number of esters is 2. The summed E-state index contributed by atoms with van der Waals surface area (Å²) in [7, 11) is 1.30. The third kappa shape index (κ3) is 10.8. The van der Waals surface area contributed by atoms with Crippen molar-refractivity contribution in [2.75, 3.05) is 13.7 Å². The highest BCUT2D eigenvalue weighted by Crippen LogP contribution is 2.48. The molecule has 0 spiro atoms. The van der Waals surface area contributed by atoms with Crippen LogP contribution in [0.5, 0.6) is 0 Å². The number of hydrogen-bond donors (Lipinski definition) is 4. The van der Waals surface area contributed by atoms with E-state index in [1.54, 1.807) is 0 Å². The van der Waals surface area contributed by atoms with Gasteiger partial charge in [0.15, 0.2) is 12.1 Å². The van der Waals surface area contributed by atoms with Crippen LogP contribution < -0.4 is 16.0 Å². The van der Waals surface area contributed by atoms with E-state index in [9.17, 15) is 19.2 Å². The summed E-state index contributed by atoms with van der Waals surface area (Å²) in [6, 6.07) is 0. The Kier molecular flexibility index (Phi) is 16.4. The van der Waals surface area contributed by atoms with E-state index in [2.05, 4.69) is 74.5 Å². The largest absolute Gasteiger partial charge is 0.468 e. The second-order valence-electron chi connectivity index (χ2n) is 19.6. The van der Waals surface area contributed by atoms with Crippen molar-refractivity contribution < 1.29 is 28.7 Å². The number of Topliss-reactive ketones (excluding diaryl/α,β-unsaturated/α-hetero) is 1. The smallest absolute Gasteiger partial charge is 0.321 e. The maximum absolute atomic E-state index is 14.4. The van der Waals surface area contributed by atoms with Crippen LogP contribution in [0, 0.1) is 49.4 Å². The Bertz CT molecular complexity index is 2500. The molecule has 1 aliphatic carbocycles. The van der Waals surface area contributed by atoms with Gasteiger partial charge in [0.05, 0.1) is 18.2 Å². The number of ether oxygens (including phenoxy) is 2. The van der Waals surface area contributed by atoms with Crippen LogP contribution in [-0.4, -0.2) is 52.7 Å². The van der Waals surface area contributed by atoms with Gasteiger partial charge in [-0.15, -0.1) is 0 Å². The van der Waals surface area contributed by atoms with Gasteiger partial charge in [-0.05, 0) is 105 Å². The molecule has 10 nitrogen and oxygen atoms in total. The van der Waals surface area contributed by atoms with Crippen LogP contribution in [0.4, 0.5) is 0 Å². The first-order valence-corrected chi connectivity index (χ1v) is 24.2. The number of aldehydes is 1. The number of rotatable bonds is 21. The second-order valence-corrected chi connectivity index (χ2v) is 19.6. The van der Waals surface area contributed by atoms with Gasteiger partial charge in [-0.1, -0.05) is 105 Å². The summed E-state index contributed by atoms with van der Waals surface area (Å²) in [5.74, 6) is -0.546. The maximum atomic E-state index is 14.4. The number of hydrogen-bond acceptors (Lipinski definition) is 7. The standard InChI is InChI=1S/C55H74N4O6/c1-12-38-35(8)42-27-43-36(9)40(23-24-48(61)65-26-25-34(7)22-16-21-33(6)20-15-19-32(5)18-14-17-31(3)4)52(58-43)50-51(55(63)64-11)54(62)49-37(10)44(59-53(49)50)28-46-39(13-2)41(30-60)47(57-46)29-45(38)56-42/h12,25,27-33,36,40,51,56-59H,1,13-24,26H2,2-11H3/b34-25-,43-27-,46-28-,47-29-,52-50-/t32-,33-,36+,40+,51-/m1/s1. The van der Waals surface area contributed by atoms with E-state index in [-0.39, 0.29) is 36.6 Å². The van der Waals surface area contributed by atoms with Crippen molar-refractivity contribution in [1.82, 2.24) is 20.3 Å². The highest BCUT2D eigenvalue weighted by atomic mass is 16.5. The molecule has 65 heavy (non-hydrogen) atoms. The molecule has 0 amide bonds. The molecule has 350 valence electrons. The van der Waals surface area contributed by atoms with E-state index < -0.39 is 11.9 Å². The molecule has 2 aliphatic heterocycles. The van der Waals surface area contributed by atoms with Crippen LogP contribution in [0.2, 0.25) is 0 Å². The Balaban J connectivity index is 1.23. The lowest BCUT2D eigenvalue weighted by Gasteiger charge is -2.19. The number of nitrogens with one attached hydrogen (secondary N) is 4. The summed E-state index contributed by atoms with van der Waals surface area (Å²) in [6.45, 7) is 23.9. The van der Waals surface area contributed by atoms with Gasteiger partial charge in [0, 0.05) is 74.3 Å². The summed E-state index contributed by atoms with van der Waals surface area (Å²) < 4.78 is 11.1. The van der Waals surface area contributed by atoms with E-state index in [1.807, 2.05) is 45.1 Å². The molecule has 10 heteroatoms. The van der Waals surface area contributed by atoms with Crippen molar-refractivity contribution in [3.8, 4) is 0 Å². The first-order chi connectivity index (χ1) is 31.1. The molecular formula is C55H74N4O6. The molecule has 0 unspecified atom stereocenters. The molecule has 0 aromatic carbocycles. The zero-order valence-corrected chi connectivity index (χ0v) is 40.8. The predicted octanol–water partition coefficient (Wildman–Crippen LogP) is 10.6.